The van der Waals surface area contributed by atoms with Gasteiger partial charge in [-0.05, 0) is 24.6 Å². The van der Waals surface area contributed by atoms with Crippen LogP contribution in [0.2, 0.25) is 0 Å². The van der Waals surface area contributed by atoms with Gasteiger partial charge in [-0.3, -0.25) is 4.79 Å². The molecule has 0 aliphatic carbocycles. The molecule has 1 fully saturated rings. The fourth-order valence-electron chi connectivity index (χ4n) is 2.01. The second kappa shape index (κ2) is 6.97. The second-order valence-electron chi connectivity index (χ2n) is 4.61. The molecule has 0 radical (unpaired) electrons. The van der Waals surface area contributed by atoms with Crippen LogP contribution in [-0.2, 0) is 10.3 Å². The fourth-order valence-corrected chi connectivity index (χ4v) is 3.18. The van der Waals surface area contributed by atoms with E-state index in [0.717, 1.165) is 34.6 Å². The smallest absolute Gasteiger partial charge is 0.247 e. The van der Waals surface area contributed by atoms with E-state index in [4.69, 9.17) is 5.73 Å². The average molecular weight is 366 g/mol. The second-order valence-corrected chi connectivity index (χ2v) is 6.75. The lowest BCUT2D eigenvalue weighted by Crippen LogP contribution is -2.53. The first kappa shape index (κ1) is 16.8. The number of nitrogens with two attached hydrogens (primary N) is 1. The number of halogens is 2. The first-order chi connectivity index (χ1) is 8.51. The average Bonchev–Trinajstić information content (AvgIpc) is 2.39. The number of benzene rings is 1. The van der Waals surface area contributed by atoms with Crippen molar-refractivity contribution in [1.29, 1.82) is 0 Å². The maximum absolute atomic E-state index is 12.5. The van der Waals surface area contributed by atoms with Gasteiger partial charge in [0.1, 0.15) is 5.54 Å². The minimum Gasteiger partial charge on any atom is -0.339 e. The third-order valence-corrected chi connectivity index (χ3v) is 4.66. The van der Waals surface area contributed by atoms with Crippen molar-refractivity contribution in [2.75, 3.05) is 24.6 Å². The molecule has 0 bridgehead atoms. The first-order valence-electron chi connectivity index (χ1n) is 5.94. The normalized spacial score (nSPS) is 18.4. The van der Waals surface area contributed by atoms with E-state index in [1.54, 1.807) is 6.92 Å². The molecule has 1 amide bonds. The monoisotopic (exact) mass is 364 g/mol. The molecule has 0 spiro atoms. The molecular formula is C13H18BrClN2OS. The van der Waals surface area contributed by atoms with E-state index in [9.17, 15) is 4.79 Å². The van der Waals surface area contributed by atoms with E-state index in [-0.39, 0.29) is 18.3 Å². The van der Waals surface area contributed by atoms with E-state index < -0.39 is 5.54 Å². The molecule has 2 N–H and O–H groups in total. The van der Waals surface area contributed by atoms with Crippen molar-refractivity contribution in [1.82, 2.24) is 4.90 Å². The Morgan fingerprint density at radius 2 is 1.84 bits per heavy atom. The number of amides is 1. The van der Waals surface area contributed by atoms with Crippen LogP contribution in [0.15, 0.2) is 28.7 Å². The Morgan fingerprint density at radius 1 is 1.32 bits per heavy atom. The molecule has 1 unspecified atom stereocenters. The molecule has 1 saturated heterocycles. The Balaban J connectivity index is 0.00000180. The Morgan fingerprint density at radius 3 is 2.37 bits per heavy atom. The van der Waals surface area contributed by atoms with E-state index in [0.29, 0.717) is 0 Å². The van der Waals surface area contributed by atoms with Crippen LogP contribution >= 0.6 is 40.1 Å². The Kier molecular flexibility index (Phi) is 6.17. The third-order valence-electron chi connectivity index (χ3n) is 3.19. The molecule has 1 atom stereocenters. The first-order valence-corrected chi connectivity index (χ1v) is 7.88. The zero-order chi connectivity index (χ0) is 13.2. The quantitative estimate of drug-likeness (QED) is 0.876. The molecule has 1 aromatic rings. The molecule has 19 heavy (non-hydrogen) atoms. The van der Waals surface area contributed by atoms with Crippen molar-refractivity contribution >= 4 is 46.0 Å². The highest BCUT2D eigenvalue weighted by atomic mass is 79.9. The molecule has 1 aromatic carbocycles. The van der Waals surface area contributed by atoms with E-state index in [1.165, 1.54) is 0 Å². The summed E-state index contributed by atoms with van der Waals surface area (Å²) in [4.78, 5) is 14.4. The van der Waals surface area contributed by atoms with Crippen LogP contribution in [0, 0.1) is 0 Å². The summed E-state index contributed by atoms with van der Waals surface area (Å²) < 4.78 is 0.990. The van der Waals surface area contributed by atoms with Gasteiger partial charge in [-0.2, -0.15) is 11.8 Å². The van der Waals surface area contributed by atoms with Crippen LogP contribution in [-0.4, -0.2) is 35.4 Å². The number of hydrogen-bond donors (Lipinski definition) is 1. The highest BCUT2D eigenvalue weighted by Crippen LogP contribution is 2.24. The van der Waals surface area contributed by atoms with Crippen molar-refractivity contribution < 1.29 is 4.79 Å². The summed E-state index contributed by atoms with van der Waals surface area (Å²) in [6, 6.07) is 7.64. The van der Waals surface area contributed by atoms with Crippen LogP contribution < -0.4 is 5.73 Å². The molecule has 6 heteroatoms. The summed E-state index contributed by atoms with van der Waals surface area (Å²) >= 11 is 5.27. The Hall–Kier alpha value is -0.230. The zero-order valence-electron chi connectivity index (χ0n) is 10.8. The summed E-state index contributed by atoms with van der Waals surface area (Å²) in [5.41, 5.74) is 6.16. The van der Waals surface area contributed by atoms with Crippen molar-refractivity contribution in [3.8, 4) is 0 Å². The molecule has 1 heterocycles. The minimum atomic E-state index is -0.942. The van der Waals surface area contributed by atoms with Crippen LogP contribution in [0.25, 0.3) is 0 Å². The third kappa shape index (κ3) is 3.88. The van der Waals surface area contributed by atoms with Gasteiger partial charge in [0, 0.05) is 29.1 Å². The lowest BCUT2D eigenvalue weighted by Gasteiger charge is -2.34. The van der Waals surface area contributed by atoms with Gasteiger partial charge in [0.25, 0.3) is 0 Å². The van der Waals surface area contributed by atoms with Gasteiger partial charge in [-0.25, -0.2) is 0 Å². The van der Waals surface area contributed by atoms with Crippen molar-refractivity contribution in [3.05, 3.63) is 34.3 Å². The van der Waals surface area contributed by atoms with Gasteiger partial charge >= 0.3 is 0 Å². The SMILES string of the molecule is CC(N)(C(=O)N1CCSCC1)c1ccc(Br)cc1.Cl. The predicted octanol–water partition coefficient (Wildman–Crippen LogP) is 2.62. The summed E-state index contributed by atoms with van der Waals surface area (Å²) in [5.74, 6) is 2.02. The highest BCUT2D eigenvalue weighted by Gasteiger charge is 2.34. The fraction of sp³-hybridized carbons (Fsp3) is 0.462. The number of thioether (sulfide) groups is 1. The van der Waals surface area contributed by atoms with Gasteiger partial charge < -0.3 is 10.6 Å². The highest BCUT2D eigenvalue weighted by molar-refractivity contribution is 9.10. The van der Waals surface area contributed by atoms with Crippen molar-refractivity contribution in [2.24, 2.45) is 5.73 Å². The number of rotatable bonds is 2. The number of carbonyl (C=O) groups is 1. The molecular weight excluding hydrogens is 348 g/mol. The summed E-state index contributed by atoms with van der Waals surface area (Å²) in [6.07, 6.45) is 0. The van der Waals surface area contributed by atoms with Gasteiger partial charge in [-0.15, -0.1) is 12.4 Å². The topological polar surface area (TPSA) is 46.3 Å². The number of hydrogen-bond acceptors (Lipinski definition) is 3. The molecule has 3 nitrogen and oxygen atoms in total. The standard InChI is InChI=1S/C13H17BrN2OS.ClH/c1-13(15,10-2-4-11(14)5-3-10)12(17)16-6-8-18-9-7-16;/h2-5H,6-9,15H2,1H3;1H. The van der Waals surface area contributed by atoms with Crippen molar-refractivity contribution in [3.63, 3.8) is 0 Å². The summed E-state index contributed by atoms with van der Waals surface area (Å²) in [7, 11) is 0. The summed E-state index contributed by atoms with van der Waals surface area (Å²) in [6.45, 7) is 3.39. The predicted molar refractivity (Wildman–Crippen MR) is 86.8 cm³/mol. The van der Waals surface area contributed by atoms with E-state index in [2.05, 4.69) is 15.9 Å². The zero-order valence-corrected chi connectivity index (χ0v) is 14.0. The maximum Gasteiger partial charge on any atom is 0.247 e. The van der Waals surface area contributed by atoms with Gasteiger partial charge in [0.15, 0.2) is 0 Å². The van der Waals surface area contributed by atoms with Crippen LogP contribution in [0.5, 0.6) is 0 Å². The molecule has 106 valence electrons. The number of nitrogens with zero attached hydrogens (tertiary/aromatic N) is 1. The van der Waals surface area contributed by atoms with Gasteiger partial charge in [0.2, 0.25) is 5.91 Å². The van der Waals surface area contributed by atoms with Gasteiger partial charge in [0.05, 0.1) is 0 Å². The number of carbonyl (C=O) groups excluding carboxylic acids is 1. The van der Waals surface area contributed by atoms with Crippen LogP contribution in [0.4, 0.5) is 0 Å². The summed E-state index contributed by atoms with van der Waals surface area (Å²) in [5, 5.41) is 0. The van der Waals surface area contributed by atoms with E-state index in [1.807, 2.05) is 40.9 Å². The largest absolute Gasteiger partial charge is 0.339 e. The van der Waals surface area contributed by atoms with E-state index >= 15 is 0 Å². The lowest BCUT2D eigenvalue weighted by atomic mass is 9.91. The maximum atomic E-state index is 12.5. The molecule has 1 aliphatic heterocycles. The van der Waals surface area contributed by atoms with Crippen LogP contribution in [0.3, 0.4) is 0 Å². The Bertz CT molecular complexity index is 433. The molecule has 2 rings (SSSR count). The molecule has 0 aromatic heterocycles. The minimum absolute atomic E-state index is 0. The molecule has 1 aliphatic rings. The molecule has 0 saturated carbocycles. The van der Waals surface area contributed by atoms with Gasteiger partial charge in [-0.1, -0.05) is 28.1 Å². The van der Waals surface area contributed by atoms with Crippen molar-refractivity contribution in [2.45, 2.75) is 12.5 Å². The lowest BCUT2D eigenvalue weighted by molar-refractivity contribution is -0.136. The Labute approximate surface area is 132 Å². The van der Waals surface area contributed by atoms with Crippen LogP contribution in [0.1, 0.15) is 12.5 Å².